The first-order chi connectivity index (χ1) is 10.5. The number of sulfonamides is 1. The number of pyridine rings is 1. The molecule has 1 aromatic heterocycles. The summed E-state index contributed by atoms with van der Waals surface area (Å²) in [5.74, 6) is 0. The highest BCUT2D eigenvalue weighted by atomic mass is 32.2. The van der Waals surface area contributed by atoms with Crippen LogP contribution in [0.5, 0.6) is 0 Å². The third-order valence-corrected chi connectivity index (χ3v) is 5.66. The summed E-state index contributed by atoms with van der Waals surface area (Å²) in [7, 11) is -3.70. The van der Waals surface area contributed by atoms with Crippen molar-refractivity contribution in [3.8, 4) is 0 Å². The van der Waals surface area contributed by atoms with Crippen molar-refractivity contribution in [2.75, 3.05) is 0 Å². The highest BCUT2D eigenvalue weighted by Gasteiger charge is 2.29. The van der Waals surface area contributed by atoms with Gasteiger partial charge in [-0.2, -0.15) is 0 Å². The van der Waals surface area contributed by atoms with Crippen molar-refractivity contribution in [2.24, 2.45) is 0 Å². The molecule has 0 bridgehead atoms. The van der Waals surface area contributed by atoms with Gasteiger partial charge in [-0.15, -0.1) is 0 Å². The van der Waals surface area contributed by atoms with E-state index in [0.717, 1.165) is 23.8 Å². The number of aliphatic hydroxyl groups is 1. The summed E-state index contributed by atoms with van der Waals surface area (Å²) in [6, 6.07) is 6.62. The fraction of sp³-hybridized carbons (Fsp3) is 0.438. The van der Waals surface area contributed by atoms with E-state index in [1.807, 2.05) is 19.1 Å². The number of nitrogens with zero attached hydrogens (tertiary/aromatic N) is 1. The third-order valence-electron chi connectivity index (χ3n) is 4.14. The van der Waals surface area contributed by atoms with Gasteiger partial charge >= 0.3 is 0 Å². The Balaban J connectivity index is 1.98. The molecule has 118 valence electrons. The highest BCUT2D eigenvalue weighted by molar-refractivity contribution is 7.89. The third kappa shape index (κ3) is 2.99. The first-order valence-corrected chi connectivity index (χ1v) is 9.01. The van der Waals surface area contributed by atoms with Gasteiger partial charge in [0.25, 0.3) is 0 Å². The van der Waals surface area contributed by atoms with Gasteiger partial charge in [0.1, 0.15) is 4.90 Å². The molecular formula is C16H20N2O3S. The SMILES string of the molecule is Cc1cnc2c(S(=O)(=O)NC3CCCCC3O)cccc2c1. The van der Waals surface area contributed by atoms with Crippen LogP contribution in [0.25, 0.3) is 10.9 Å². The van der Waals surface area contributed by atoms with E-state index in [-0.39, 0.29) is 4.90 Å². The quantitative estimate of drug-likeness (QED) is 0.908. The molecule has 2 unspecified atom stereocenters. The maximum atomic E-state index is 12.7. The molecule has 2 atom stereocenters. The second kappa shape index (κ2) is 5.95. The molecule has 1 aromatic carbocycles. The number of hydrogen-bond donors (Lipinski definition) is 2. The monoisotopic (exact) mass is 320 g/mol. The molecule has 2 N–H and O–H groups in total. The van der Waals surface area contributed by atoms with Crippen LogP contribution in [0.3, 0.4) is 0 Å². The number of hydrogen-bond acceptors (Lipinski definition) is 4. The van der Waals surface area contributed by atoms with Gasteiger partial charge in [-0.1, -0.05) is 25.0 Å². The van der Waals surface area contributed by atoms with Crippen LogP contribution in [0.15, 0.2) is 35.4 Å². The normalized spacial score (nSPS) is 22.8. The van der Waals surface area contributed by atoms with Gasteiger partial charge in [0.15, 0.2) is 0 Å². The van der Waals surface area contributed by atoms with E-state index in [4.69, 9.17) is 0 Å². The number of benzene rings is 1. The van der Waals surface area contributed by atoms with Crippen LogP contribution in [-0.4, -0.2) is 30.7 Å². The minimum Gasteiger partial charge on any atom is -0.391 e. The van der Waals surface area contributed by atoms with Gasteiger partial charge in [0, 0.05) is 17.6 Å². The van der Waals surface area contributed by atoms with Crippen LogP contribution in [0.2, 0.25) is 0 Å². The Bertz CT molecular complexity index is 789. The Kier molecular flexibility index (Phi) is 4.16. The lowest BCUT2D eigenvalue weighted by molar-refractivity contribution is 0.101. The maximum absolute atomic E-state index is 12.7. The molecule has 3 rings (SSSR count). The zero-order valence-corrected chi connectivity index (χ0v) is 13.3. The minimum atomic E-state index is -3.70. The predicted octanol–water partition coefficient (Wildman–Crippen LogP) is 2.13. The molecule has 0 amide bonds. The topological polar surface area (TPSA) is 79.3 Å². The number of aryl methyl sites for hydroxylation is 1. The molecule has 0 aliphatic heterocycles. The molecule has 1 saturated carbocycles. The second-order valence-corrected chi connectivity index (χ2v) is 7.60. The predicted molar refractivity (Wildman–Crippen MR) is 85.1 cm³/mol. The Morgan fingerprint density at radius 2 is 2.05 bits per heavy atom. The summed E-state index contributed by atoms with van der Waals surface area (Å²) in [5, 5.41) is 10.8. The van der Waals surface area contributed by atoms with Gasteiger partial charge in [-0.05, 0) is 37.5 Å². The first-order valence-electron chi connectivity index (χ1n) is 7.53. The Morgan fingerprint density at radius 3 is 2.82 bits per heavy atom. The Morgan fingerprint density at radius 1 is 1.27 bits per heavy atom. The number of fused-ring (bicyclic) bond motifs is 1. The van der Waals surface area contributed by atoms with Crippen LogP contribution in [0, 0.1) is 6.92 Å². The van der Waals surface area contributed by atoms with Crippen LogP contribution >= 0.6 is 0 Å². The van der Waals surface area contributed by atoms with Crippen molar-refractivity contribution in [3.63, 3.8) is 0 Å². The summed E-state index contributed by atoms with van der Waals surface area (Å²) in [4.78, 5) is 4.45. The standard InChI is InChI=1S/C16H20N2O3S/c1-11-9-12-5-4-8-15(16(12)17-10-11)22(20,21)18-13-6-2-3-7-14(13)19/h4-5,8-10,13-14,18-19H,2-3,6-7H2,1H3. The van der Waals surface area contributed by atoms with E-state index in [2.05, 4.69) is 9.71 Å². The average Bonchev–Trinajstić information content (AvgIpc) is 2.48. The van der Waals surface area contributed by atoms with Crippen LogP contribution in [-0.2, 0) is 10.0 Å². The molecule has 0 radical (unpaired) electrons. The first kappa shape index (κ1) is 15.4. The van der Waals surface area contributed by atoms with Crippen molar-refractivity contribution in [3.05, 3.63) is 36.0 Å². The lowest BCUT2D eigenvalue weighted by atomic mass is 9.93. The number of rotatable bonds is 3. The lowest BCUT2D eigenvalue weighted by Crippen LogP contribution is -2.45. The maximum Gasteiger partial charge on any atom is 0.243 e. The van der Waals surface area contributed by atoms with Gasteiger partial charge in [0.2, 0.25) is 10.0 Å². The van der Waals surface area contributed by atoms with Gasteiger partial charge in [-0.25, -0.2) is 13.1 Å². The van der Waals surface area contributed by atoms with Crippen LogP contribution in [0.1, 0.15) is 31.2 Å². The molecule has 1 fully saturated rings. The van der Waals surface area contributed by atoms with Gasteiger partial charge in [-0.3, -0.25) is 4.98 Å². The molecule has 6 heteroatoms. The molecule has 5 nitrogen and oxygen atoms in total. The van der Waals surface area contributed by atoms with Crippen molar-refractivity contribution in [2.45, 2.75) is 49.6 Å². The van der Waals surface area contributed by atoms with E-state index < -0.39 is 22.2 Å². The van der Waals surface area contributed by atoms with E-state index in [9.17, 15) is 13.5 Å². The molecule has 1 heterocycles. The summed E-state index contributed by atoms with van der Waals surface area (Å²) in [6.07, 6.45) is 4.22. The largest absolute Gasteiger partial charge is 0.391 e. The van der Waals surface area contributed by atoms with E-state index in [1.54, 1.807) is 18.3 Å². The molecule has 1 aliphatic carbocycles. The number of aliphatic hydroxyl groups excluding tert-OH is 1. The lowest BCUT2D eigenvalue weighted by Gasteiger charge is -2.28. The molecule has 2 aromatic rings. The van der Waals surface area contributed by atoms with Crippen molar-refractivity contribution in [1.29, 1.82) is 0 Å². The van der Waals surface area contributed by atoms with E-state index in [1.165, 1.54) is 0 Å². The zero-order valence-electron chi connectivity index (χ0n) is 12.5. The van der Waals surface area contributed by atoms with Crippen LogP contribution in [0.4, 0.5) is 0 Å². The molecule has 1 aliphatic rings. The van der Waals surface area contributed by atoms with Crippen molar-refractivity contribution in [1.82, 2.24) is 9.71 Å². The van der Waals surface area contributed by atoms with E-state index >= 15 is 0 Å². The second-order valence-electron chi connectivity index (χ2n) is 5.92. The van der Waals surface area contributed by atoms with Gasteiger partial charge in [0.05, 0.1) is 11.6 Å². The van der Waals surface area contributed by atoms with Crippen LogP contribution < -0.4 is 4.72 Å². The summed E-state index contributed by atoms with van der Waals surface area (Å²) in [5.41, 5.74) is 1.45. The fourth-order valence-electron chi connectivity index (χ4n) is 2.97. The molecular weight excluding hydrogens is 300 g/mol. The fourth-order valence-corrected chi connectivity index (χ4v) is 4.45. The average molecular weight is 320 g/mol. The highest BCUT2D eigenvalue weighted by Crippen LogP contribution is 2.24. The number of para-hydroxylation sites is 1. The molecule has 0 saturated heterocycles. The zero-order chi connectivity index (χ0) is 15.7. The van der Waals surface area contributed by atoms with Crippen molar-refractivity contribution < 1.29 is 13.5 Å². The summed E-state index contributed by atoms with van der Waals surface area (Å²) in [6.45, 7) is 1.92. The molecule has 22 heavy (non-hydrogen) atoms. The number of nitrogens with one attached hydrogen (secondary N) is 1. The van der Waals surface area contributed by atoms with Gasteiger partial charge < -0.3 is 5.11 Å². The summed E-state index contributed by atoms with van der Waals surface area (Å²) >= 11 is 0. The molecule has 0 spiro atoms. The smallest absolute Gasteiger partial charge is 0.243 e. The van der Waals surface area contributed by atoms with Crippen molar-refractivity contribution >= 4 is 20.9 Å². The minimum absolute atomic E-state index is 0.169. The number of aromatic nitrogens is 1. The Labute approximate surface area is 130 Å². The summed E-state index contributed by atoms with van der Waals surface area (Å²) < 4.78 is 28.0. The Hall–Kier alpha value is -1.50. The van der Waals surface area contributed by atoms with E-state index in [0.29, 0.717) is 18.4 Å².